The molecule has 1 unspecified atom stereocenters. The summed E-state index contributed by atoms with van der Waals surface area (Å²) in [5, 5.41) is 15.9. The van der Waals surface area contributed by atoms with Gasteiger partial charge in [-0.05, 0) is 29.2 Å². The summed E-state index contributed by atoms with van der Waals surface area (Å²) < 4.78 is 5.16. The molecule has 0 radical (unpaired) electrons. The lowest BCUT2D eigenvalue weighted by Gasteiger charge is -2.21. The largest absolute Gasteiger partial charge is 0.497 e. The van der Waals surface area contributed by atoms with Crippen molar-refractivity contribution >= 4 is 35.1 Å². The first-order valence-corrected chi connectivity index (χ1v) is 9.07. The van der Waals surface area contributed by atoms with Gasteiger partial charge in [0.25, 0.3) is 11.6 Å². The van der Waals surface area contributed by atoms with Crippen LogP contribution in [0, 0.1) is 10.1 Å². The molecule has 1 fully saturated rings. The van der Waals surface area contributed by atoms with Crippen molar-refractivity contribution in [2.24, 2.45) is 0 Å². The Morgan fingerprint density at radius 1 is 1.26 bits per heavy atom. The second-order valence-electron chi connectivity index (χ2n) is 5.95. The highest BCUT2D eigenvalue weighted by Gasteiger charge is 2.40. The molecule has 0 aromatic heterocycles. The van der Waals surface area contributed by atoms with Gasteiger partial charge in [0.15, 0.2) is 5.50 Å². The molecule has 1 N–H and O–H groups in total. The molecular formula is C19H15N3O4S. The minimum atomic E-state index is -0.425. The molecule has 2 aromatic carbocycles. The van der Waals surface area contributed by atoms with Gasteiger partial charge >= 0.3 is 0 Å². The van der Waals surface area contributed by atoms with Crippen molar-refractivity contribution in [3.8, 4) is 5.75 Å². The molecule has 27 heavy (non-hydrogen) atoms. The predicted molar refractivity (Wildman–Crippen MR) is 103 cm³/mol. The first-order valence-electron chi connectivity index (χ1n) is 8.13. The summed E-state index contributed by atoms with van der Waals surface area (Å²) >= 11 is 1.46. The van der Waals surface area contributed by atoms with Crippen LogP contribution in [0.15, 0.2) is 59.6 Å². The monoisotopic (exact) mass is 381 g/mol. The van der Waals surface area contributed by atoms with Gasteiger partial charge in [-0.2, -0.15) is 0 Å². The number of benzene rings is 2. The van der Waals surface area contributed by atoms with E-state index in [9.17, 15) is 14.9 Å². The molecule has 2 aromatic rings. The van der Waals surface area contributed by atoms with Crippen LogP contribution in [0.2, 0.25) is 0 Å². The molecule has 1 saturated heterocycles. The lowest BCUT2D eigenvalue weighted by molar-refractivity contribution is -0.384. The highest BCUT2D eigenvalue weighted by molar-refractivity contribution is 8.03. The molecule has 0 bridgehead atoms. The van der Waals surface area contributed by atoms with Gasteiger partial charge < -0.3 is 15.0 Å². The maximum Gasteiger partial charge on any atom is 0.270 e. The van der Waals surface area contributed by atoms with Crippen LogP contribution in [0.3, 0.4) is 0 Å². The first-order chi connectivity index (χ1) is 13.1. The van der Waals surface area contributed by atoms with Gasteiger partial charge in [0.1, 0.15) is 11.4 Å². The molecule has 8 heteroatoms. The minimum absolute atomic E-state index is 0.0148. The zero-order valence-electron chi connectivity index (χ0n) is 14.3. The van der Waals surface area contributed by atoms with Gasteiger partial charge in [0.05, 0.1) is 17.7 Å². The Morgan fingerprint density at radius 2 is 2.04 bits per heavy atom. The number of hydrogen-bond acceptors (Lipinski definition) is 6. The predicted octanol–water partition coefficient (Wildman–Crippen LogP) is 3.41. The second-order valence-corrected chi connectivity index (χ2v) is 6.90. The van der Waals surface area contributed by atoms with Gasteiger partial charge in [-0.3, -0.25) is 14.9 Å². The number of non-ortho nitro benzene ring substituents is 1. The summed E-state index contributed by atoms with van der Waals surface area (Å²) in [5.74, 6) is 0.555. The van der Waals surface area contributed by atoms with Crippen molar-refractivity contribution in [1.82, 2.24) is 10.2 Å². The number of nitrogens with zero attached hydrogens (tertiary/aromatic N) is 2. The Labute approximate surface area is 159 Å². The van der Waals surface area contributed by atoms with Gasteiger partial charge in [-0.25, -0.2) is 0 Å². The third-order valence-corrected chi connectivity index (χ3v) is 5.27. The molecule has 136 valence electrons. The van der Waals surface area contributed by atoms with Crippen molar-refractivity contribution in [2.45, 2.75) is 5.50 Å². The molecule has 4 rings (SSSR count). The van der Waals surface area contributed by atoms with E-state index in [1.807, 2.05) is 34.6 Å². The number of fused-ring (bicyclic) bond motifs is 1. The van der Waals surface area contributed by atoms with Gasteiger partial charge in [-0.1, -0.05) is 36.0 Å². The van der Waals surface area contributed by atoms with Crippen molar-refractivity contribution in [3.63, 3.8) is 0 Å². The summed E-state index contributed by atoms with van der Waals surface area (Å²) in [5.41, 5.74) is 2.56. The summed E-state index contributed by atoms with van der Waals surface area (Å²) in [6, 6.07) is 13.8. The van der Waals surface area contributed by atoms with Crippen LogP contribution < -0.4 is 10.1 Å². The molecule has 2 aliphatic heterocycles. The molecule has 1 amide bonds. The highest BCUT2D eigenvalue weighted by Crippen LogP contribution is 2.42. The SMILES string of the molecule is COc1ccc(/C=C2\C(=O)NC3SC=C(c4cccc([N+](=O)[O-])c4)N23)cc1. The molecule has 2 aliphatic rings. The van der Waals surface area contributed by atoms with E-state index < -0.39 is 4.92 Å². The Bertz CT molecular complexity index is 985. The number of nitro benzene ring substituents is 1. The Morgan fingerprint density at radius 3 is 2.74 bits per heavy atom. The highest BCUT2D eigenvalue weighted by atomic mass is 32.2. The number of thioether (sulfide) groups is 1. The van der Waals surface area contributed by atoms with Gasteiger partial charge in [0.2, 0.25) is 0 Å². The summed E-state index contributed by atoms with van der Waals surface area (Å²) in [6.45, 7) is 0. The number of carbonyl (C=O) groups is 1. The number of hydrogen-bond donors (Lipinski definition) is 1. The third kappa shape index (κ3) is 3.15. The average molecular weight is 381 g/mol. The van der Waals surface area contributed by atoms with Crippen LogP contribution in [0.1, 0.15) is 11.1 Å². The van der Waals surface area contributed by atoms with Crippen molar-refractivity contribution in [3.05, 3.63) is 80.9 Å². The molecule has 0 saturated carbocycles. The lowest BCUT2D eigenvalue weighted by Crippen LogP contribution is -2.27. The van der Waals surface area contributed by atoms with Gasteiger partial charge in [0, 0.05) is 17.7 Å². The maximum absolute atomic E-state index is 12.5. The van der Waals surface area contributed by atoms with Crippen LogP contribution in [0.5, 0.6) is 5.75 Å². The summed E-state index contributed by atoms with van der Waals surface area (Å²) in [6.07, 6.45) is 1.80. The van der Waals surface area contributed by atoms with E-state index in [-0.39, 0.29) is 17.1 Å². The lowest BCUT2D eigenvalue weighted by atomic mass is 10.1. The number of amides is 1. The first kappa shape index (κ1) is 17.2. The standard InChI is InChI=1S/C19H15N3O4S/c1-26-15-7-5-12(6-8-15)9-16-18(23)20-19-21(16)17(11-27-19)13-3-2-4-14(10-13)22(24)25/h2-11,19H,1H3,(H,20,23)/b16-9+. The van der Waals surface area contributed by atoms with E-state index in [2.05, 4.69) is 5.32 Å². The van der Waals surface area contributed by atoms with Crippen molar-refractivity contribution in [2.75, 3.05) is 7.11 Å². The summed E-state index contributed by atoms with van der Waals surface area (Å²) in [4.78, 5) is 25.0. The van der Waals surface area contributed by atoms with E-state index in [4.69, 9.17) is 4.74 Å². The number of nitrogens with one attached hydrogen (secondary N) is 1. The topological polar surface area (TPSA) is 84.7 Å². The Balaban J connectivity index is 1.70. The van der Waals surface area contributed by atoms with Crippen LogP contribution in [0.25, 0.3) is 11.8 Å². The summed E-state index contributed by atoms with van der Waals surface area (Å²) in [7, 11) is 1.60. The normalized spacial score (nSPS) is 19.7. The number of carbonyl (C=O) groups excluding carboxylic acids is 1. The quantitative estimate of drug-likeness (QED) is 0.496. The molecule has 7 nitrogen and oxygen atoms in total. The van der Waals surface area contributed by atoms with Crippen LogP contribution in [0.4, 0.5) is 5.69 Å². The second kappa shape index (κ2) is 6.81. The average Bonchev–Trinajstić information content (AvgIpc) is 3.22. The third-order valence-electron chi connectivity index (χ3n) is 4.32. The smallest absolute Gasteiger partial charge is 0.270 e. The van der Waals surface area contributed by atoms with E-state index in [0.717, 1.165) is 17.0 Å². The van der Waals surface area contributed by atoms with E-state index in [0.29, 0.717) is 11.3 Å². The van der Waals surface area contributed by atoms with Crippen LogP contribution >= 0.6 is 11.8 Å². The minimum Gasteiger partial charge on any atom is -0.497 e. The molecule has 0 spiro atoms. The Hall–Kier alpha value is -3.26. The molecule has 1 atom stereocenters. The van der Waals surface area contributed by atoms with E-state index >= 15 is 0 Å². The van der Waals surface area contributed by atoms with E-state index in [1.54, 1.807) is 25.3 Å². The van der Waals surface area contributed by atoms with Crippen molar-refractivity contribution in [1.29, 1.82) is 0 Å². The van der Waals surface area contributed by atoms with E-state index in [1.165, 1.54) is 23.9 Å². The molecule has 0 aliphatic carbocycles. The number of methoxy groups -OCH3 is 1. The maximum atomic E-state index is 12.5. The fourth-order valence-corrected chi connectivity index (χ4v) is 4.03. The number of rotatable bonds is 4. The number of nitro groups is 1. The van der Waals surface area contributed by atoms with Crippen molar-refractivity contribution < 1.29 is 14.5 Å². The molecule has 2 heterocycles. The van der Waals surface area contributed by atoms with Crippen LogP contribution in [-0.4, -0.2) is 28.3 Å². The number of ether oxygens (including phenoxy) is 1. The fraction of sp³-hybridized carbons (Fsp3) is 0.105. The van der Waals surface area contributed by atoms with Gasteiger partial charge in [-0.15, -0.1) is 0 Å². The molecular weight excluding hydrogens is 366 g/mol. The zero-order valence-corrected chi connectivity index (χ0v) is 15.1. The zero-order chi connectivity index (χ0) is 19.0. The van der Waals surface area contributed by atoms with Crippen LogP contribution in [-0.2, 0) is 4.79 Å². The fourth-order valence-electron chi connectivity index (χ4n) is 3.00. The Kier molecular flexibility index (Phi) is 4.33.